The van der Waals surface area contributed by atoms with Crippen LogP contribution < -0.4 is 5.32 Å². The molecule has 3 rings (SSSR count). The largest absolute Gasteiger partial charge is 0.301 e. The number of rotatable bonds is 5. The molecule has 0 aliphatic heterocycles. The molecule has 0 aliphatic rings. The summed E-state index contributed by atoms with van der Waals surface area (Å²) in [5.41, 5.74) is 2.35. The average Bonchev–Trinajstić information content (AvgIpc) is 3.13. The zero-order valence-electron chi connectivity index (χ0n) is 10.6. The molecule has 0 fully saturated rings. The van der Waals surface area contributed by atoms with Crippen LogP contribution in [0.3, 0.4) is 0 Å². The smallest absolute Gasteiger partial charge is 0.0767 e. The van der Waals surface area contributed by atoms with Gasteiger partial charge in [-0.1, -0.05) is 12.1 Å². The maximum absolute atomic E-state index is 4.07. The normalized spacial score (nSPS) is 11.3. The Morgan fingerprint density at radius 3 is 2.37 bits per heavy atom. The number of aryl methyl sites for hydroxylation is 1. The van der Waals surface area contributed by atoms with Gasteiger partial charge in [-0.05, 0) is 29.8 Å². The Morgan fingerprint density at radius 2 is 1.89 bits per heavy atom. The van der Waals surface area contributed by atoms with E-state index in [1.54, 1.807) is 22.7 Å². The second-order valence-electron chi connectivity index (χ2n) is 4.36. The molecule has 3 aromatic heterocycles. The summed E-state index contributed by atoms with van der Waals surface area (Å²) in [5, 5.41) is 14.9. The van der Waals surface area contributed by atoms with E-state index in [4.69, 9.17) is 0 Å². The van der Waals surface area contributed by atoms with Crippen molar-refractivity contribution in [3.63, 3.8) is 0 Å². The lowest BCUT2D eigenvalue weighted by molar-refractivity contribution is 0.620. The molecule has 0 aliphatic carbocycles. The maximum atomic E-state index is 4.07. The van der Waals surface area contributed by atoms with Crippen molar-refractivity contribution >= 4 is 22.7 Å². The van der Waals surface area contributed by atoms with Gasteiger partial charge in [0, 0.05) is 27.6 Å². The number of H-pyrrole nitrogens is 1. The second-order valence-corrected chi connectivity index (χ2v) is 6.32. The Kier molecular flexibility index (Phi) is 3.77. The van der Waals surface area contributed by atoms with Crippen LogP contribution in [0.4, 0.5) is 0 Å². The van der Waals surface area contributed by atoms with E-state index in [9.17, 15) is 0 Å². The van der Waals surface area contributed by atoms with Gasteiger partial charge < -0.3 is 5.32 Å². The Bertz CT molecular complexity index is 577. The van der Waals surface area contributed by atoms with Crippen LogP contribution in [0.25, 0.3) is 0 Å². The van der Waals surface area contributed by atoms with Gasteiger partial charge in [0.1, 0.15) is 0 Å². The lowest BCUT2D eigenvalue weighted by atomic mass is 10.2. The summed E-state index contributed by atoms with van der Waals surface area (Å²) < 4.78 is 0. The van der Waals surface area contributed by atoms with Gasteiger partial charge in [-0.2, -0.15) is 5.10 Å². The monoisotopic (exact) mass is 289 g/mol. The van der Waals surface area contributed by atoms with Gasteiger partial charge >= 0.3 is 0 Å². The number of nitrogens with one attached hydrogen (secondary N) is 2. The van der Waals surface area contributed by atoms with E-state index in [2.05, 4.69) is 57.5 Å². The van der Waals surface area contributed by atoms with Crippen LogP contribution in [0.2, 0.25) is 0 Å². The van der Waals surface area contributed by atoms with Crippen LogP contribution in [0.1, 0.15) is 27.1 Å². The first-order chi connectivity index (χ1) is 9.34. The number of thiophene rings is 2. The molecule has 2 N–H and O–H groups in total. The third-order valence-electron chi connectivity index (χ3n) is 3.09. The molecule has 0 atom stereocenters. The quantitative estimate of drug-likeness (QED) is 0.751. The summed E-state index contributed by atoms with van der Waals surface area (Å²) in [6, 6.07) is 8.85. The molecule has 98 valence electrons. The van der Waals surface area contributed by atoms with Gasteiger partial charge in [-0.25, -0.2) is 0 Å². The van der Waals surface area contributed by atoms with Gasteiger partial charge in [0.05, 0.1) is 12.2 Å². The highest BCUT2D eigenvalue weighted by molar-refractivity contribution is 7.11. The van der Waals surface area contributed by atoms with Crippen molar-refractivity contribution < 1.29 is 0 Å². The zero-order valence-corrected chi connectivity index (χ0v) is 12.2. The minimum Gasteiger partial charge on any atom is -0.301 e. The molecule has 19 heavy (non-hydrogen) atoms. The number of nitrogens with zero attached hydrogens (tertiary/aromatic N) is 1. The first kappa shape index (κ1) is 12.6. The average molecular weight is 289 g/mol. The van der Waals surface area contributed by atoms with Crippen LogP contribution in [0.5, 0.6) is 0 Å². The number of aromatic nitrogens is 2. The van der Waals surface area contributed by atoms with E-state index in [1.807, 2.05) is 6.20 Å². The summed E-state index contributed by atoms with van der Waals surface area (Å²) >= 11 is 3.58. The molecular weight excluding hydrogens is 274 g/mol. The second kappa shape index (κ2) is 5.69. The molecule has 0 unspecified atom stereocenters. The Labute approximate surface area is 120 Å². The molecule has 3 aromatic rings. The van der Waals surface area contributed by atoms with Crippen LogP contribution >= 0.6 is 22.7 Å². The van der Waals surface area contributed by atoms with Crippen LogP contribution in [-0.2, 0) is 6.54 Å². The molecule has 3 heterocycles. The Hall–Kier alpha value is -1.43. The molecular formula is C14H15N3S2. The van der Waals surface area contributed by atoms with E-state index < -0.39 is 0 Å². The fraction of sp³-hybridized carbons (Fsp3) is 0.214. The highest BCUT2D eigenvalue weighted by atomic mass is 32.1. The minimum atomic E-state index is 0.272. The molecule has 3 nitrogen and oxygen atoms in total. The summed E-state index contributed by atoms with van der Waals surface area (Å²) in [6.45, 7) is 2.87. The molecule has 0 saturated carbocycles. The molecule has 0 saturated heterocycles. The minimum absolute atomic E-state index is 0.272. The van der Waals surface area contributed by atoms with Crippen molar-refractivity contribution in [2.75, 3.05) is 0 Å². The predicted octanol–water partition coefficient (Wildman–Crippen LogP) is 3.72. The highest BCUT2D eigenvalue weighted by Crippen LogP contribution is 2.29. The summed E-state index contributed by atoms with van der Waals surface area (Å²) in [6.07, 6.45) is 1.89. The van der Waals surface area contributed by atoms with E-state index in [-0.39, 0.29) is 6.04 Å². The fourth-order valence-electron chi connectivity index (χ4n) is 2.02. The highest BCUT2D eigenvalue weighted by Gasteiger charge is 2.16. The first-order valence-corrected chi connectivity index (χ1v) is 7.89. The number of aromatic amines is 1. The third kappa shape index (κ3) is 2.78. The SMILES string of the molecule is Cc1[nH]ncc1CNC(c1cccs1)c1cccs1. The van der Waals surface area contributed by atoms with Gasteiger partial charge in [-0.3, -0.25) is 5.10 Å². The Morgan fingerprint density at radius 1 is 1.21 bits per heavy atom. The lowest BCUT2D eigenvalue weighted by Gasteiger charge is -2.15. The van der Waals surface area contributed by atoms with Crippen LogP contribution in [-0.4, -0.2) is 10.2 Å². The van der Waals surface area contributed by atoms with Crippen molar-refractivity contribution in [1.29, 1.82) is 0 Å². The summed E-state index contributed by atoms with van der Waals surface area (Å²) in [4.78, 5) is 2.70. The van der Waals surface area contributed by atoms with Crippen molar-refractivity contribution in [1.82, 2.24) is 15.5 Å². The molecule has 0 radical (unpaired) electrons. The standard InChI is InChI=1S/C14H15N3S2/c1-10-11(9-16-17-10)8-15-14(12-4-2-6-18-12)13-5-3-7-19-13/h2-7,9,14-15H,8H2,1H3,(H,16,17). The van der Waals surface area contributed by atoms with Crippen LogP contribution in [0, 0.1) is 6.92 Å². The van der Waals surface area contributed by atoms with Crippen molar-refractivity contribution in [2.24, 2.45) is 0 Å². The predicted molar refractivity (Wildman–Crippen MR) is 80.6 cm³/mol. The molecule has 0 spiro atoms. The van der Waals surface area contributed by atoms with Gasteiger partial charge in [0.2, 0.25) is 0 Å². The fourth-order valence-corrected chi connectivity index (χ4v) is 3.73. The summed E-state index contributed by atoms with van der Waals surface area (Å²) in [5.74, 6) is 0. The number of hydrogen-bond donors (Lipinski definition) is 2. The van der Waals surface area contributed by atoms with Crippen LogP contribution in [0.15, 0.2) is 41.2 Å². The zero-order chi connectivity index (χ0) is 13.1. The van der Waals surface area contributed by atoms with E-state index in [0.29, 0.717) is 0 Å². The topological polar surface area (TPSA) is 40.7 Å². The van der Waals surface area contributed by atoms with Gasteiger partial charge in [0.15, 0.2) is 0 Å². The number of hydrogen-bond acceptors (Lipinski definition) is 4. The van der Waals surface area contributed by atoms with Gasteiger partial charge in [0.25, 0.3) is 0 Å². The first-order valence-electron chi connectivity index (χ1n) is 6.13. The van der Waals surface area contributed by atoms with E-state index in [0.717, 1.165) is 12.2 Å². The lowest BCUT2D eigenvalue weighted by Crippen LogP contribution is -2.20. The summed E-state index contributed by atoms with van der Waals surface area (Å²) in [7, 11) is 0. The van der Waals surface area contributed by atoms with E-state index in [1.165, 1.54) is 15.3 Å². The third-order valence-corrected chi connectivity index (χ3v) is 4.96. The van der Waals surface area contributed by atoms with Crippen molar-refractivity contribution in [3.8, 4) is 0 Å². The molecule has 5 heteroatoms. The molecule has 0 bridgehead atoms. The molecule has 0 aromatic carbocycles. The van der Waals surface area contributed by atoms with Gasteiger partial charge in [-0.15, -0.1) is 22.7 Å². The Balaban J connectivity index is 1.79. The van der Waals surface area contributed by atoms with Crippen molar-refractivity contribution in [2.45, 2.75) is 19.5 Å². The molecule has 0 amide bonds. The van der Waals surface area contributed by atoms with E-state index >= 15 is 0 Å². The maximum Gasteiger partial charge on any atom is 0.0767 e. The van der Waals surface area contributed by atoms with Crippen molar-refractivity contribution in [3.05, 3.63) is 62.2 Å².